The van der Waals surface area contributed by atoms with Gasteiger partial charge in [0.15, 0.2) is 0 Å². The van der Waals surface area contributed by atoms with Crippen LogP contribution in [0.3, 0.4) is 0 Å². The van der Waals surface area contributed by atoms with Crippen molar-refractivity contribution < 1.29 is 4.79 Å². The lowest BCUT2D eigenvalue weighted by Gasteiger charge is -2.06. The van der Waals surface area contributed by atoms with Crippen molar-refractivity contribution in [2.75, 3.05) is 19.6 Å². The molecule has 102 valence electrons. The van der Waals surface area contributed by atoms with Gasteiger partial charge in [-0.2, -0.15) is 0 Å². The molecular formula is C14H30N2O. The van der Waals surface area contributed by atoms with Crippen LogP contribution in [0.1, 0.15) is 65.2 Å². The Morgan fingerprint density at radius 3 is 2.24 bits per heavy atom. The van der Waals surface area contributed by atoms with E-state index in [0.29, 0.717) is 6.42 Å². The van der Waals surface area contributed by atoms with Crippen molar-refractivity contribution in [1.29, 1.82) is 0 Å². The van der Waals surface area contributed by atoms with E-state index in [1.54, 1.807) is 0 Å². The molecule has 0 aromatic carbocycles. The van der Waals surface area contributed by atoms with E-state index in [9.17, 15) is 4.79 Å². The molecular weight excluding hydrogens is 212 g/mol. The van der Waals surface area contributed by atoms with E-state index in [2.05, 4.69) is 24.5 Å². The highest BCUT2D eigenvalue weighted by Gasteiger charge is 1.99. The van der Waals surface area contributed by atoms with Crippen LogP contribution in [0.4, 0.5) is 0 Å². The molecule has 0 spiro atoms. The van der Waals surface area contributed by atoms with Crippen LogP contribution >= 0.6 is 0 Å². The Morgan fingerprint density at radius 2 is 1.53 bits per heavy atom. The smallest absolute Gasteiger partial charge is 0.220 e. The van der Waals surface area contributed by atoms with Gasteiger partial charge in [-0.05, 0) is 19.4 Å². The molecule has 17 heavy (non-hydrogen) atoms. The molecule has 3 nitrogen and oxygen atoms in total. The van der Waals surface area contributed by atoms with E-state index >= 15 is 0 Å². The number of nitrogens with one attached hydrogen (secondary N) is 2. The minimum absolute atomic E-state index is 0.207. The number of unbranched alkanes of at least 4 members (excludes halogenated alkanes) is 5. The second-order valence-corrected chi connectivity index (χ2v) is 4.62. The summed E-state index contributed by atoms with van der Waals surface area (Å²) in [6, 6.07) is 0. The Morgan fingerprint density at radius 1 is 0.824 bits per heavy atom. The lowest BCUT2D eigenvalue weighted by atomic mass is 10.1. The second kappa shape index (κ2) is 13.5. The summed E-state index contributed by atoms with van der Waals surface area (Å²) in [6.45, 7) is 7.04. The topological polar surface area (TPSA) is 41.1 Å². The van der Waals surface area contributed by atoms with E-state index < -0.39 is 0 Å². The monoisotopic (exact) mass is 242 g/mol. The first-order valence-corrected chi connectivity index (χ1v) is 7.28. The van der Waals surface area contributed by atoms with Crippen molar-refractivity contribution in [2.24, 2.45) is 0 Å². The van der Waals surface area contributed by atoms with Crippen molar-refractivity contribution in [3.63, 3.8) is 0 Å². The van der Waals surface area contributed by atoms with E-state index in [1.807, 2.05) is 0 Å². The van der Waals surface area contributed by atoms with E-state index in [1.165, 1.54) is 32.1 Å². The van der Waals surface area contributed by atoms with Crippen molar-refractivity contribution in [3.8, 4) is 0 Å². The fraction of sp³-hybridized carbons (Fsp3) is 0.929. The molecule has 2 N–H and O–H groups in total. The normalized spacial score (nSPS) is 10.5. The first-order chi connectivity index (χ1) is 8.31. The van der Waals surface area contributed by atoms with E-state index in [0.717, 1.165) is 32.5 Å². The predicted molar refractivity (Wildman–Crippen MR) is 74.2 cm³/mol. The van der Waals surface area contributed by atoms with Gasteiger partial charge in [-0.3, -0.25) is 4.79 Å². The van der Waals surface area contributed by atoms with Crippen molar-refractivity contribution in [1.82, 2.24) is 10.6 Å². The first kappa shape index (κ1) is 16.4. The van der Waals surface area contributed by atoms with Gasteiger partial charge in [-0.25, -0.2) is 0 Å². The first-order valence-electron chi connectivity index (χ1n) is 7.28. The highest BCUT2D eigenvalue weighted by atomic mass is 16.1. The molecule has 0 aliphatic heterocycles. The molecule has 3 heteroatoms. The van der Waals surface area contributed by atoms with Gasteiger partial charge < -0.3 is 10.6 Å². The Bertz CT molecular complexity index is 172. The Labute approximate surface area is 107 Å². The molecule has 0 radical (unpaired) electrons. The summed E-state index contributed by atoms with van der Waals surface area (Å²) in [4.78, 5) is 11.4. The van der Waals surface area contributed by atoms with Crippen molar-refractivity contribution in [2.45, 2.75) is 65.2 Å². The predicted octanol–water partition coefficient (Wildman–Crippen LogP) is 2.85. The fourth-order valence-electron chi connectivity index (χ4n) is 1.75. The molecule has 0 rings (SSSR count). The van der Waals surface area contributed by atoms with Gasteiger partial charge in [0, 0.05) is 19.5 Å². The lowest BCUT2D eigenvalue weighted by molar-refractivity contribution is -0.121. The Balaban J connectivity index is 3.12. The van der Waals surface area contributed by atoms with Crippen LogP contribution in [0, 0.1) is 0 Å². The zero-order valence-corrected chi connectivity index (χ0v) is 11.7. The maximum Gasteiger partial charge on any atom is 0.220 e. The third-order valence-corrected chi connectivity index (χ3v) is 2.81. The standard InChI is InChI=1S/C14H30N2O/c1-3-5-6-7-8-9-10-14(17)16-13-12-15-11-4-2/h15H,3-13H2,1-2H3,(H,16,17). The van der Waals surface area contributed by atoms with Crippen LogP contribution in [-0.2, 0) is 4.79 Å². The van der Waals surface area contributed by atoms with Gasteiger partial charge in [-0.1, -0.05) is 46.0 Å². The van der Waals surface area contributed by atoms with E-state index in [4.69, 9.17) is 0 Å². The van der Waals surface area contributed by atoms with Crippen LogP contribution < -0.4 is 10.6 Å². The number of amides is 1. The quantitative estimate of drug-likeness (QED) is 0.517. The number of carbonyl (C=O) groups is 1. The third kappa shape index (κ3) is 13.4. The van der Waals surface area contributed by atoms with Crippen LogP contribution in [0.15, 0.2) is 0 Å². The lowest BCUT2D eigenvalue weighted by Crippen LogP contribution is -2.31. The van der Waals surface area contributed by atoms with Crippen LogP contribution in [-0.4, -0.2) is 25.5 Å². The summed E-state index contributed by atoms with van der Waals surface area (Å²) in [7, 11) is 0. The van der Waals surface area contributed by atoms with E-state index in [-0.39, 0.29) is 5.91 Å². The molecule has 0 aromatic rings. The summed E-state index contributed by atoms with van der Waals surface area (Å²) < 4.78 is 0. The maximum atomic E-state index is 11.4. The minimum Gasteiger partial charge on any atom is -0.355 e. The SMILES string of the molecule is CCCCCCCCC(=O)NCCNCCC. The van der Waals surface area contributed by atoms with Gasteiger partial charge in [-0.15, -0.1) is 0 Å². The summed E-state index contributed by atoms with van der Waals surface area (Å²) in [5, 5.41) is 6.21. The molecule has 0 saturated carbocycles. The molecule has 0 bridgehead atoms. The average molecular weight is 242 g/mol. The maximum absolute atomic E-state index is 11.4. The van der Waals surface area contributed by atoms with Gasteiger partial charge in [0.2, 0.25) is 5.91 Å². The Kier molecular flexibility index (Phi) is 13.0. The van der Waals surface area contributed by atoms with Gasteiger partial charge >= 0.3 is 0 Å². The number of hydrogen-bond acceptors (Lipinski definition) is 2. The second-order valence-electron chi connectivity index (χ2n) is 4.62. The molecule has 0 saturated heterocycles. The number of hydrogen-bond donors (Lipinski definition) is 2. The third-order valence-electron chi connectivity index (χ3n) is 2.81. The molecule has 0 aromatic heterocycles. The van der Waals surface area contributed by atoms with Crippen LogP contribution in [0.25, 0.3) is 0 Å². The molecule has 0 fully saturated rings. The molecule has 1 amide bonds. The molecule has 0 aliphatic carbocycles. The molecule has 0 atom stereocenters. The number of rotatable bonds is 12. The summed E-state index contributed by atoms with van der Waals surface area (Å²) in [5.74, 6) is 0.207. The van der Waals surface area contributed by atoms with Crippen molar-refractivity contribution in [3.05, 3.63) is 0 Å². The van der Waals surface area contributed by atoms with Gasteiger partial charge in [0.05, 0.1) is 0 Å². The fourth-order valence-corrected chi connectivity index (χ4v) is 1.75. The summed E-state index contributed by atoms with van der Waals surface area (Å²) in [5.41, 5.74) is 0. The highest BCUT2D eigenvalue weighted by Crippen LogP contribution is 2.06. The van der Waals surface area contributed by atoms with Gasteiger partial charge in [0.1, 0.15) is 0 Å². The molecule has 0 aliphatic rings. The largest absolute Gasteiger partial charge is 0.355 e. The number of carbonyl (C=O) groups excluding carboxylic acids is 1. The Hall–Kier alpha value is -0.570. The van der Waals surface area contributed by atoms with Crippen LogP contribution in [0.2, 0.25) is 0 Å². The molecule has 0 unspecified atom stereocenters. The summed E-state index contributed by atoms with van der Waals surface area (Å²) >= 11 is 0. The summed E-state index contributed by atoms with van der Waals surface area (Å²) in [6.07, 6.45) is 9.28. The molecule has 0 heterocycles. The zero-order valence-electron chi connectivity index (χ0n) is 11.7. The zero-order chi connectivity index (χ0) is 12.8. The van der Waals surface area contributed by atoms with Crippen LogP contribution in [0.5, 0.6) is 0 Å². The average Bonchev–Trinajstić information content (AvgIpc) is 2.33. The highest BCUT2D eigenvalue weighted by molar-refractivity contribution is 5.75. The van der Waals surface area contributed by atoms with Crippen molar-refractivity contribution >= 4 is 5.91 Å². The van der Waals surface area contributed by atoms with Gasteiger partial charge in [0.25, 0.3) is 0 Å². The minimum atomic E-state index is 0.207.